The zero-order valence-corrected chi connectivity index (χ0v) is 15.7. The second-order valence-corrected chi connectivity index (χ2v) is 7.86. The molecule has 0 aromatic heterocycles. The van der Waals surface area contributed by atoms with Gasteiger partial charge >= 0.3 is 0 Å². The van der Waals surface area contributed by atoms with Crippen molar-refractivity contribution in [3.05, 3.63) is 60.4 Å². The van der Waals surface area contributed by atoms with Crippen molar-refractivity contribution in [3.8, 4) is 11.5 Å². The van der Waals surface area contributed by atoms with Crippen molar-refractivity contribution >= 4 is 23.2 Å². The Morgan fingerprint density at radius 2 is 2.03 bits per heavy atom. The van der Waals surface area contributed by atoms with E-state index < -0.39 is 29.4 Å². The molecule has 1 spiro atoms. The summed E-state index contributed by atoms with van der Waals surface area (Å²) in [6.07, 6.45) is 3.24. The molecular weight excluding hydrogens is 391 g/mol. The lowest BCUT2D eigenvalue weighted by molar-refractivity contribution is -0.128. The first-order valence-corrected chi connectivity index (χ1v) is 9.69. The number of carbonyl (C=O) groups excluding carboxylic acids is 2. The molecule has 0 aliphatic carbocycles. The van der Waals surface area contributed by atoms with Crippen LogP contribution < -0.4 is 19.7 Å². The van der Waals surface area contributed by atoms with E-state index in [-0.39, 0.29) is 18.6 Å². The number of rotatable bonds is 3. The van der Waals surface area contributed by atoms with Gasteiger partial charge in [0.05, 0.1) is 24.5 Å². The smallest absolute Gasteiger partial charge is 0.234 e. The minimum absolute atomic E-state index is 0.148. The van der Waals surface area contributed by atoms with Crippen molar-refractivity contribution in [3.63, 3.8) is 0 Å². The highest BCUT2D eigenvalue weighted by molar-refractivity contribution is 6.05. The van der Waals surface area contributed by atoms with E-state index in [0.717, 1.165) is 0 Å². The molecule has 4 aliphatic heterocycles. The minimum atomic E-state index is -0.845. The first kappa shape index (κ1) is 17.5. The van der Waals surface area contributed by atoms with Crippen molar-refractivity contribution in [2.45, 2.75) is 11.7 Å². The Bertz CT molecular complexity index is 1120. The van der Waals surface area contributed by atoms with Crippen LogP contribution in [0.15, 0.2) is 54.6 Å². The maximum Gasteiger partial charge on any atom is 0.234 e. The fraction of sp³-hybridized carbons (Fsp3) is 0.273. The van der Waals surface area contributed by atoms with Gasteiger partial charge < -0.3 is 24.4 Å². The average molecular weight is 408 g/mol. The predicted molar refractivity (Wildman–Crippen MR) is 104 cm³/mol. The van der Waals surface area contributed by atoms with E-state index in [0.29, 0.717) is 29.4 Å². The van der Waals surface area contributed by atoms with Crippen LogP contribution in [0, 0.1) is 17.7 Å². The molecule has 1 N–H and O–H groups in total. The van der Waals surface area contributed by atoms with Crippen LogP contribution in [0.1, 0.15) is 0 Å². The lowest BCUT2D eigenvalue weighted by atomic mass is 9.77. The molecule has 2 amide bonds. The van der Waals surface area contributed by atoms with Crippen LogP contribution in [0.25, 0.3) is 0 Å². The molecule has 8 heteroatoms. The predicted octanol–water partition coefficient (Wildman–Crippen LogP) is 2.48. The summed E-state index contributed by atoms with van der Waals surface area (Å²) in [5.74, 6) is -1.11. The molecule has 7 nitrogen and oxygen atoms in total. The molecule has 152 valence electrons. The first-order chi connectivity index (χ1) is 14.5. The largest absolute Gasteiger partial charge is 0.454 e. The van der Waals surface area contributed by atoms with E-state index in [2.05, 4.69) is 5.32 Å². The quantitative estimate of drug-likeness (QED) is 0.790. The van der Waals surface area contributed by atoms with Crippen molar-refractivity contribution in [2.75, 3.05) is 23.6 Å². The lowest BCUT2D eigenvalue weighted by Crippen LogP contribution is -2.41. The Morgan fingerprint density at radius 3 is 2.90 bits per heavy atom. The monoisotopic (exact) mass is 408 g/mol. The first-order valence-electron chi connectivity index (χ1n) is 9.69. The maximum absolute atomic E-state index is 13.5. The highest BCUT2D eigenvalue weighted by Gasteiger charge is 2.67. The second kappa shape index (κ2) is 6.06. The van der Waals surface area contributed by atoms with Gasteiger partial charge in [0.2, 0.25) is 18.6 Å². The van der Waals surface area contributed by atoms with Gasteiger partial charge in [0.1, 0.15) is 11.4 Å². The summed E-state index contributed by atoms with van der Waals surface area (Å²) in [7, 11) is 0. The van der Waals surface area contributed by atoms with Gasteiger partial charge in [0.25, 0.3) is 0 Å². The molecule has 4 unspecified atom stereocenters. The number of hydrogen-bond donors (Lipinski definition) is 1. The molecule has 2 aromatic rings. The van der Waals surface area contributed by atoms with Crippen LogP contribution in [0.4, 0.5) is 15.8 Å². The second-order valence-electron chi connectivity index (χ2n) is 7.86. The molecule has 4 heterocycles. The van der Waals surface area contributed by atoms with Crippen molar-refractivity contribution in [1.82, 2.24) is 0 Å². The Balaban J connectivity index is 1.30. The Labute approximate surface area is 171 Å². The average Bonchev–Trinajstić information content (AvgIpc) is 3.48. The normalized spacial score (nSPS) is 30.1. The summed E-state index contributed by atoms with van der Waals surface area (Å²) in [6.45, 7) is 0.460. The third-order valence-corrected chi connectivity index (χ3v) is 6.16. The van der Waals surface area contributed by atoms with Crippen LogP contribution in [-0.2, 0) is 14.3 Å². The number of nitrogens with zero attached hydrogens (tertiary/aromatic N) is 1. The highest BCUT2D eigenvalue weighted by Crippen LogP contribution is 2.53. The van der Waals surface area contributed by atoms with Gasteiger partial charge in [-0.1, -0.05) is 18.2 Å². The summed E-state index contributed by atoms with van der Waals surface area (Å²) in [5.41, 5.74) is 0.166. The van der Waals surface area contributed by atoms with Gasteiger partial charge in [0.15, 0.2) is 11.5 Å². The molecule has 4 atom stereocenters. The molecule has 2 saturated heterocycles. The summed E-state index contributed by atoms with van der Waals surface area (Å²) in [5, 5.41) is 2.73. The number of ether oxygens (including phenoxy) is 3. The van der Waals surface area contributed by atoms with Crippen molar-refractivity contribution in [2.24, 2.45) is 11.8 Å². The number of amides is 2. The Kier molecular flexibility index (Phi) is 3.53. The highest BCUT2D eigenvalue weighted by atomic mass is 19.1. The number of hydrogen-bond acceptors (Lipinski definition) is 5. The maximum atomic E-state index is 13.5. The Morgan fingerprint density at radius 1 is 1.17 bits per heavy atom. The number of nitrogens with one attached hydrogen (secondary N) is 1. The van der Waals surface area contributed by atoms with Crippen LogP contribution >= 0.6 is 0 Å². The van der Waals surface area contributed by atoms with Crippen LogP contribution in [0.3, 0.4) is 0 Å². The minimum Gasteiger partial charge on any atom is -0.454 e. The standard InChI is InChI=1S/C22H17FN2O5/c23-12-2-1-3-13(8-12)24-20(26)18-16-6-7-22(30-16)10-25(21(27)19(18)22)14-4-5-15-17(9-14)29-11-28-15/h1-9,16,18-19H,10-11H2,(H,24,26). The fourth-order valence-corrected chi connectivity index (χ4v) is 4.86. The fourth-order valence-electron chi connectivity index (χ4n) is 4.86. The van der Waals surface area contributed by atoms with Gasteiger partial charge in [-0.3, -0.25) is 9.59 Å². The molecule has 0 saturated carbocycles. The van der Waals surface area contributed by atoms with E-state index in [1.54, 1.807) is 29.2 Å². The zero-order valence-electron chi connectivity index (χ0n) is 15.7. The van der Waals surface area contributed by atoms with Crippen molar-refractivity contribution in [1.29, 1.82) is 0 Å². The lowest BCUT2D eigenvalue weighted by Gasteiger charge is -2.23. The van der Waals surface area contributed by atoms with E-state index in [1.165, 1.54) is 18.2 Å². The molecule has 0 radical (unpaired) electrons. The third-order valence-electron chi connectivity index (χ3n) is 6.16. The zero-order chi connectivity index (χ0) is 20.5. The SMILES string of the molecule is O=C(Nc1cccc(F)c1)C1C2C=CC3(CN(c4ccc5c(c4)OCO5)C(=O)C13)O2. The summed E-state index contributed by atoms with van der Waals surface area (Å²) >= 11 is 0. The summed E-state index contributed by atoms with van der Waals surface area (Å²) in [4.78, 5) is 28.1. The van der Waals surface area contributed by atoms with Crippen LogP contribution in [-0.4, -0.2) is 36.9 Å². The van der Waals surface area contributed by atoms with Crippen molar-refractivity contribution < 1.29 is 28.2 Å². The van der Waals surface area contributed by atoms with Gasteiger partial charge in [0, 0.05) is 17.4 Å². The molecule has 4 aliphatic rings. The van der Waals surface area contributed by atoms with Gasteiger partial charge in [-0.15, -0.1) is 0 Å². The molecule has 2 aromatic carbocycles. The summed E-state index contributed by atoms with van der Waals surface area (Å²) < 4.78 is 30.4. The number of carbonyl (C=O) groups is 2. The molecule has 2 fully saturated rings. The number of anilines is 2. The van der Waals surface area contributed by atoms with E-state index >= 15 is 0 Å². The third kappa shape index (κ3) is 2.40. The Hall–Kier alpha value is -3.39. The van der Waals surface area contributed by atoms with Gasteiger partial charge in [-0.2, -0.15) is 0 Å². The molecule has 30 heavy (non-hydrogen) atoms. The van der Waals surface area contributed by atoms with Crippen LogP contribution in [0.5, 0.6) is 11.5 Å². The van der Waals surface area contributed by atoms with E-state index in [4.69, 9.17) is 14.2 Å². The van der Waals surface area contributed by atoms with Gasteiger partial charge in [-0.25, -0.2) is 4.39 Å². The number of fused-ring (bicyclic) bond motifs is 2. The van der Waals surface area contributed by atoms with E-state index in [1.807, 2.05) is 12.2 Å². The summed E-state index contributed by atoms with van der Waals surface area (Å²) in [6, 6.07) is 11.0. The number of halogens is 1. The van der Waals surface area contributed by atoms with E-state index in [9.17, 15) is 14.0 Å². The van der Waals surface area contributed by atoms with Crippen LogP contribution in [0.2, 0.25) is 0 Å². The number of benzene rings is 2. The molecular formula is C22H17FN2O5. The molecule has 6 rings (SSSR count). The topological polar surface area (TPSA) is 77.1 Å². The molecule has 2 bridgehead atoms. The van der Waals surface area contributed by atoms with Gasteiger partial charge in [-0.05, 0) is 30.3 Å².